The summed E-state index contributed by atoms with van der Waals surface area (Å²) in [6.45, 7) is 11.0. The molecule has 2 N–H and O–H groups in total. The maximum Gasteiger partial charge on any atom is 0.278 e. The Morgan fingerprint density at radius 2 is 2.03 bits per heavy atom. The van der Waals surface area contributed by atoms with Crippen LogP contribution in [0.5, 0.6) is 0 Å². The van der Waals surface area contributed by atoms with Crippen LogP contribution in [0.15, 0.2) is 41.3 Å². The minimum Gasteiger partial charge on any atom is -0.324 e. The van der Waals surface area contributed by atoms with E-state index in [4.69, 9.17) is 4.98 Å². The summed E-state index contributed by atoms with van der Waals surface area (Å²) in [5.41, 5.74) is 4.24. The molecule has 3 aromatic heterocycles. The summed E-state index contributed by atoms with van der Waals surface area (Å²) < 4.78 is 3.66. The van der Waals surface area contributed by atoms with Crippen molar-refractivity contribution in [1.29, 1.82) is 0 Å². The second kappa shape index (κ2) is 7.86. The lowest BCUT2D eigenvalue weighted by molar-refractivity contribution is 0.579. The average molecular weight is 449 g/mol. The number of nitrogens with one attached hydrogen (secondary N) is 2. The van der Waals surface area contributed by atoms with Gasteiger partial charge in [0.25, 0.3) is 5.56 Å². The van der Waals surface area contributed by atoms with Crippen molar-refractivity contribution < 1.29 is 0 Å². The first-order chi connectivity index (χ1) is 15.3. The van der Waals surface area contributed by atoms with Crippen LogP contribution in [0, 0.1) is 0 Å². The maximum absolute atomic E-state index is 13.0. The molecule has 5 rings (SSSR count). The Kier molecular flexibility index (Phi) is 5.14. The molecule has 4 aromatic rings. The summed E-state index contributed by atoms with van der Waals surface area (Å²) in [5, 5.41) is 8.24. The van der Waals surface area contributed by atoms with Crippen LogP contribution in [0.1, 0.15) is 43.7 Å². The Morgan fingerprint density at radius 3 is 2.78 bits per heavy atom. The van der Waals surface area contributed by atoms with E-state index in [0.717, 1.165) is 30.2 Å². The van der Waals surface area contributed by atoms with E-state index in [1.165, 1.54) is 16.0 Å². The van der Waals surface area contributed by atoms with Crippen molar-refractivity contribution in [3.8, 4) is 5.00 Å². The van der Waals surface area contributed by atoms with Crippen LogP contribution in [-0.2, 0) is 24.9 Å². The van der Waals surface area contributed by atoms with Crippen LogP contribution >= 0.6 is 11.3 Å². The highest BCUT2D eigenvalue weighted by molar-refractivity contribution is 7.14. The number of nitrogens with zero attached hydrogens (tertiary/aromatic N) is 4. The van der Waals surface area contributed by atoms with Gasteiger partial charge < -0.3 is 10.6 Å². The van der Waals surface area contributed by atoms with Crippen LogP contribution < -0.4 is 16.2 Å². The smallest absolute Gasteiger partial charge is 0.278 e. The fraction of sp³-hybridized carbons (Fsp3) is 0.375. The standard InChI is InChI=1S/C24H28N6OS/c1-5-29-22(31)18-14-26-23(27-17-7-6-16-13-25-11-10-15(16)12-17)28-21(18)30(29)20-9-8-19(32-20)24(2,3)4/h6-9,12,14,25H,5,10-11,13H2,1-4H3,(H,26,27,28). The Morgan fingerprint density at radius 1 is 1.19 bits per heavy atom. The van der Waals surface area contributed by atoms with Crippen molar-refractivity contribution in [1.82, 2.24) is 24.6 Å². The lowest BCUT2D eigenvalue weighted by Gasteiger charge is -2.18. The number of thiophene rings is 1. The van der Waals surface area contributed by atoms with Gasteiger partial charge in [0, 0.05) is 29.9 Å². The van der Waals surface area contributed by atoms with Crippen molar-refractivity contribution in [2.75, 3.05) is 11.9 Å². The zero-order valence-corrected chi connectivity index (χ0v) is 19.7. The lowest BCUT2D eigenvalue weighted by Crippen LogP contribution is -2.23. The summed E-state index contributed by atoms with van der Waals surface area (Å²) >= 11 is 1.69. The molecule has 0 saturated heterocycles. The van der Waals surface area contributed by atoms with Gasteiger partial charge in [-0.2, -0.15) is 4.98 Å². The van der Waals surface area contributed by atoms with E-state index in [1.807, 2.05) is 11.6 Å². The molecule has 0 fully saturated rings. The molecular formula is C24H28N6OS. The predicted molar refractivity (Wildman–Crippen MR) is 131 cm³/mol. The zero-order valence-electron chi connectivity index (χ0n) is 18.9. The first kappa shape index (κ1) is 20.9. The van der Waals surface area contributed by atoms with Crippen LogP contribution in [0.4, 0.5) is 11.6 Å². The van der Waals surface area contributed by atoms with Crippen molar-refractivity contribution in [2.45, 2.75) is 52.6 Å². The Balaban J connectivity index is 1.58. The summed E-state index contributed by atoms with van der Waals surface area (Å²) in [4.78, 5) is 23.5. The minimum absolute atomic E-state index is 0.0485. The molecule has 4 heterocycles. The van der Waals surface area contributed by atoms with Gasteiger partial charge in [0.15, 0.2) is 5.65 Å². The number of hydrogen-bond acceptors (Lipinski definition) is 6. The van der Waals surface area contributed by atoms with Crippen molar-refractivity contribution in [3.05, 3.63) is 62.9 Å². The summed E-state index contributed by atoms with van der Waals surface area (Å²) in [6.07, 6.45) is 2.65. The van der Waals surface area contributed by atoms with Crippen molar-refractivity contribution >= 4 is 34.0 Å². The maximum atomic E-state index is 13.0. The minimum atomic E-state index is -0.0685. The highest BCUT2D eigenvalue weighted by Crippen LogP contribution is 2.32. The van der Waals surface area contributed by atoms with Gasteiger partial charge in [-0.1, -0.05) is 26.8 Å². The fourth-order valence-electron chi connectivity index (χ4n) is 4.13. The molecule has 7 nitrogen and oxygen atoms in total. The van der Waals surface area contributed by atoms with Gasteiger partial charge in [-0.25, -0.2) is 14.3 Å². The third-order valence-electron chi connectivity index (χ3n) is 5.86. The molecule has 0 atom stereocenters. The van der Waals surface area contributed by atoms with E-state index < -0.39 is 0 Å². The number of anilines is 2. The van der Waals surface area contributed by atoms with Gasteiger partial charge in [-0.05, 0) is 60.7 Å². The SMILES string of the molecule is CCn1c(=O)c2cnc(Nc3ccc4c(c3)CCNC4)nc2n1-c1ccc(C(C)(C)C)s1. The van der Waals surface area contributed by atoms with Crippen LogP contribution in [-0.4, -0.2) is 25.9 Å². The molecular weight excluding hydrogens is 420 g/mol. The Hall–Kier alpha value is -2.97. The molecule has 8 heteroatoms. The second-order valence-corrected chi connectivity index (χ2v) is 10.2. The molecule has 0 spiro atoms. The summed E-state index contributed by atoms with van der Waals surface area (Å²) in [6, 6.07) is 10.6. The number of fused-ring (bicyclic) bond motifs is 2. The van der Waals surface area contributed by atoms with Crippen molar-refractivity contribution in [2.24, 2.45) is 0 Å². The first-order valence-corrected chi connectivity index (χ1v) is 11.9. The highest BCUT2D eigenvalue weighted by Gasteiger charge is 2.21. The van der Waals surface area contributed by atoms with Crippen LogP contribution in [0.2, 0.25) is 0 Å². The van der Waals surface area contributed by atoms with E-state index in [2.05, 4.69) is 66.7 Å². The summed E-state index contributed by atoms with van der Waals surface area (Å²) in [5.74, 6) is 0.487. The molecule has 1 aromatic carbocycles. The Bertz CT molecular complexity index is 1360. The fourth-order valence-corrected chi connectivity index (χ4v) is 5.20. The quantitative estimate of drug-likeness (QED) is 0.485. The third kappa shape index (κ3) is 3.63. The molecule has 1 aliphatic heterocycles. The lowest BCUT2D eigenvalue weighted by atomic mass is 9.95. The average Bonchev–Trinajstić information content (AvgIpc) is 3.36. The normalized spacial score (nSPS) is 14.0. The van der Waals surface area contributed by atoms with E-state index in [9.17, 15) is 4.79 Å². The van der Waals surface area contributed by atoms with E-state index in [1.54, 1.807) is 22.2 Å². The molecule has 0 amide bonds. The van der Waals surface area contributed by atoms with Crippen LogP contribution in [0.25, 0.3) is 16.0 Å². The Labute approximate surface area is 191 Å². The van der Waals surface area contributed by atoms with Crippen molar-refractivity contribution in [3.63, 3.8) is 0 Å². The van der Waals surface area contributed by atoms with E-state index in [0.29, 0.717) is 23.5 Å². The topological polar surface area (TPSA) is 76.8 Å². The monoisotopic (exact) mass is 448 g/mol. The van der Waals surface area contributed by atoms with Crippen LogP contribution in [0.3, 0.4) is 0 Å². The van der Waals surface area contributed by atoms with Gasteiger partial charge in [-0.15, -0.1) is 11.3 Å². The molecule has 0 radical (unpaired) electrons. The second-order valence-electron chi connectivity index (χ2n) is 9.19. The summed E-state index contributed by atoms with van der Waals surface area (Å²) in [7, 11) is 0. The largest absolute Gasteiger partial charge is 0.324 e. The van der Waals surface area contributed by atoms with E-state index >= 15 is 0 Å². The van der Waals surface area contributed by atoms with Gasteiger partial charge in [0.1, 0.15) is 10.4 Å². The van der Waals surface area contributed by atoms with Gasteiger partial charge in [0.2, 0.25) is 5.95 Å². The zero-order chi connectivity index (χ0) is 22.5. The molecule has 32 heavy (non-hydrogen) atoms. The molecule has 0 bridgehead atoms. The molecule has 0 aliphatic carbocycles. The number of aromatic nitrogens is 4. The molecule has 1 aliphatic rings. The van der Waals surface area contributed by atoms with Gasteiger partial charge in [0.05, 0.1) is 0 Å². The number of benzene rings is 1. The molecule has 166 valence electrons. The molecule has 0 unspecified atom stereocenters. The highest BCUT2D eigenvalue weighted by atomic mass is 32.1. The first-order valence-electron chi connectivity index (χ1n) is 11.0. The molecule has 0 saturated carbocycles. The third-order valence-corrected chi connectivity index (χ3v) is 7.35. The number of hydrogen-bond donors (Lipinski definition) is 2. The van der Waals surface area contributed by atoms with Gasteiger partial charge in [-0.3, -0.25) is 4.79 Å². The predicted octanol–water partition coefficient (Wildman–Crippen LogP) is 4.35. The van der Waals surface area contributed by atoms with E-state index in [-0.39, 0.29) is 11.0 Å². The number of rotatable bonds is 4. The van der Waals surface area contributed by atoms with Gasteiger partial charge >= 0.3 is 0 Å².